The summed E-state index contributed by atoms with van der Waals surface area (Å²) in [6.07, 6.45) is 7.37. The van der Waals surface area contributed by atoms with E-state index in [4.69, 9.17) is 0 Å². The molecule has 4 nitrogen and oxygen atoms in total. The molecule has 1 aliphatic carbocycles. The van der Waals surface area contributed by atoms with Crippen LogP contribution >= 0.6 is 0 Å². The molecule has 3 unspecified atom stereocenters. The van der Waals surface area contributed by atoms with E-state index in [0.717, 1.165) is 45.1 Å². The number of likely N-dealkylation sites (N-methyl/N-ethyl adjacent to an activating group) is 1. The van der Waals surface area contributed by atoms with Crippen LogP contribution in [0.5, 0.6) is 0 Å². The quantitative estimate of drug-likeness (QED) is 0.794. The zero-order chi connectivity index (χ0) is 14.7. The van der Waals surface area contributed by atoms with Crippen LogP contribution in [0.2, 0.25) is 0 Å². The fourth-order valence-corrected chi connectivity index (χ4v) is 3.83. The predicted molar refractivity (Wildman–Crippen MR) is 79.5 cm³/mol. The van der Waals surface area contributed by atoms with Crippen LogP contribution in [0, 0.1) is 5.92 Å². The number of piperidine rings is 1. The molecule has 2 rings (SSSR count). The number of likely N-dealkylation sites (tertiary alicyclic amines) is 1. The van der Waals surface area contributed by atoms with Crippen LogP contribution in [-0.2, 0) is 9.59 Å². The van der Waals surface area contributed by atoms with Gasteiger partial charge < -0.3 is 4.90 Å². The highest BCUT2D eigenvalue weighted by atomic mass is 16.2. The van der Waals surface area contributed by atoms with Crippen molar-refractivity contribution in [3.05, 3.63) is 0 Å². The molecular weight excluding hydrogens is 252 g/mol. The summed E-state index contributed by atoms with van der Waals surface area (Å²) >= 11 is 0. The molecule has 20 heavy (non-hydrogen) atoms. The van der Waals surface area contributed by atoms with E-state index in [1.165, 1.54) is 6.42 Å². The molecule has 1 amide bonds. The molecule has 2 aliphatic rings. The molecule has 2 fully saturated rings. The van der Waals surface area contributed by atoms with Crippen LogP contribution in [0.15, 0.2) is 0 Å². The summed E-state index contributed by atoms with van der Waals surface area (Å²) in [6.45, 7) is 2.95. The van der Waals surface area contributed by atoms with Gasteiger partial charge in [-0.1, -0.05) is 12.8 Å². The average molecular weight is 280 g/mol. The summed E-state index contributed by atoms with van der Waals surface area (Å²) in [5.74, 6) is 0.749. The number of Topliss-reactive ketones (excluding diaryl/α,β-unsaturated/α-hetero) is 1. The first kappa shape index (κ1) is 15.5. The number of ketones is 1. The first-order valence-electron chi connectivity index (χ1n) is 8.02. The normalized spacial score (nSPS) is 30.1. The van der Waals surface area contributed by atoms with Crippen LogP contribution in [-0.4, -0.2) is 54.2 Å². The van der Waals surface area contributed by atoms with E-state index in [1.54, 1.807) is 4.90 Å². The summed E-state index contributed by atoms with van der Waals surface area (Å²) in [4.78, 5) is 28.5. The third-order valence-electron chi connectivity index (χ3n) is 4.95. The van der Waals surface area contributed by atoms with Crippen molar-refractivity contribution < 1.29 is 9.59 Å². The van der Waals surface area contributed by atoms with E-state index in [2.05, 4.69) is 4.90 Å². The maximum atomic E-state index is 12.3. The minimum absolute atomic E-state index is 0.106. The first-order valence-corrected chi connectivity index (χ1v) is 8.02. The van der Waals surface area contributed by atoms with Crippen molar-refractivity contribution in [1.82, 2.24) is 9.80 Å². The highest BCUT2D eigenvalue weighted by Gasteiger charge is 2.38. The summed E-state index contributed by atoms with van der Waals surface area (Å²) in [7, 11) is 3.62. The molecule has 0 N–H and O–H groups in total. The molecule has 0 spiro atoms. The van der Waals surface area contributed by atoms with Crippen LogP contribution < -0.4 is 0 Å². The van der Waals surface area contributed by atoms with Crippen LogP contribution in [0.3, 0.4) is 0 Å². The SMILES string of the molecule is CC(C(=O)N(C)C)N1CCCCC1C1CCCCC1=O. The van der Waals surface area contributed by atoms with Gasteiger partial charge in [-0.25, -0.2) is 0 Å². The van der Waals surface area contributed by atoms with E-state index < -0.39 is 0 Å². The third-order valence-corrected chi connectivity index (χ3v) is 4.95. The molecule has 1 heterocycles. The molecule has 0 aromatic heterocycles. The Morgan fingerprint density at radius 3 is 2.55 bits per heavy atom. The molecule has 1 saturated heterocycles. The van der Waals surface area contributed by atoms with Gasteiger partial charge >= 0.3 is 0 Å². The van der Waals surface area contributed by atoms with Gasteiger partial charge in [0, 0.05) is 32.5 Å². The summed E-state index contributed by atoms with van der Waals surface area (Å²) in [5, 5.41) is 0. The number of carbonyl (C=O) groups excluding carboxylic acids is 2. The highest BCUT2D eigenvalue weighted by Crippen LogP contribution is 2.33. The molecular formula is C16H28N2O2. The van der Waals surface area contributed by atoms with Gasteiger partial charge in [0.05, 0.1) is 6.04 Å². The molecule has 0 radical (unpaired) electrons. The smallest absolute Gasteiger partial charge is 0.239 e. The van der Waals surface area contributed by atoms with Gasteiger partial charge in [0.25, 0.3) is 0 Å². The number of carbonyl (C=O) groups is 2. The molecule has 4 heteroatoms. The van der Waals surface area contributed by atoms with Gasteiger partial charge in [-0.05, 0) is 39.2 Å². The maximum absolute atomic E-state index is 12.3. The number of hydrogen-bond acceptors (Lipinski definition) is 3. The van der Waals surface area contributed by atoms with E-state index >= 15 is 0 Å². The van der Waals surface area contributed by atoms with Crippen LogP contribution in [0.4, 0.5) is 0 Å². The van der Waals surface area contributed by atoms with E-state index in [0.29, 0.717) is 5.78 Å². The minimum Gasteiger partial charge on any atom is -0.347 e. The van der Waals surface area contributed by atoms with E-state index in [9.17, 15) is 9.59 Å². The Morgan fingerprint density at radius 1 is 1.20 bits per heavy atom. The number of rotatable bonds is 3. The largest absolute Gasteiger partial charge is 0.347 e. The Balaban J connectivity index is 2.12. The lowest BCUT2D eigenvalue weighted by Crippen LogP contribution is -2.55. The lowest BCUT2D eigenvalue weighted by Gasteiger charge is -2.44. The second-order valence-electron chi connectivity index (χ2n) is 6.53. The standard InChI is InChI=1S/C16H28N2O2/c1-12(16(20)17(2)3)18-11-7-6-9-14(18)13-8-4-5-10-15(13)19/h12-14H,4-11H2,1-3H3. The second-order valence-corrected chi connectivity index (χ2v) is 6.53. The monoisotopic (exact) mass is 280 g/mol. The summed E-state index contributed by atoms with van der Waals surface area (Å²) < 4.78 is 0. The maximum Gasteiger partial charge on any atom is 0.239 e. The summed E-state index contributed by atoms with van der Waals surface area (Å²) in [6, 6.07) is 0.181. The minimum atomic E-state index is -0.106. The van der Waals surface area contributed by atoms with Crippen molar-refractivity contribution >= 4 is 11.7 Å². The van der Waals surface area contributed by atoms with Crippen molar-refractivity contribution in [2.75, 3.05) is 20.6 Å². The average Bonchev–Trinajstić information content (AvgIpc) is 2.46. The number of nitrogens with zero attached hydrogens (tertiary/aromatic N) is 2. The van der Waals surface area contributed by atoms with Crippen LogP contribution in [0.25, 0.3) is 0 Å². The fourth-order valence-electron chi connectivity index (χ4n) is 3.83. The molecule has 0 aromatic carbocycles. The molecule has 3 atom stereocenters. The first-order chi connectivity index (χ1) is 9.52. The topological polar surface area (TPSA) is 40.6 Å². The Morgan fingerprint density at radius 2 is 1.90 bits per heavy atom. The summed E-state index contributed by atoms with van der Waals surface area (Å²) in [5.41, 5.74) is 0. The van der Waals surface area contributed by atoms with Crippen molar-refractivity contribution in [2.45, 2.75) is 64.0 Å². The Labute approximate surface area is 122 Å². The van der Waals surface area contributed by atoms with Crippen molar-refractivity contribution in [3.63, 3.8) is 0 Å². The third kappa shape index (κ3) is 3.22. The van der Waals surface area contributed by atoms with Gasteiger partial charge in [-0.2, -0.15) is 0 Å². The Bertz CT molecular complexity index is 367. The van der Waals surface area contributed by atoms with Gasteiger partial charge in [0.1, 0.15) is 5.78 Å². The molecule has 114 valence electrons. The van der Waals surface area contributed by atoms with Gasteiger partial charge in [-0.3, -0.25) is 14.5 Å². The van der Waals surface area contributed by atoms with Crippen molar-refractivity contribution in [2.24, 2.45) is 5.92 Å². The van der Waals surface area contributed by atoms with Crippen LogP contribution in [0.1, 0.15) is 51.9 Å². The molecule has 0 aromatic rings. The predicted octanol–water partition coefficient (Wildman–Crippen LogP) is 2.08. The molecule has 0 bridgehead atoms. The Kier molecular flexibility index (Phi) is 5.19. The zero-order valence-electron chi connectivity index (χ0n) is 13.1. The fraction of sp³-hybridized carbons (Fsp3) is 0.875. The molecule has 1 aliphatic heterocycles. The van der Waals surface area contributed by atoms with Gasteiger partial charge in [-0.15, -0.1) is 0 Å². The van der Waals surface area contributed by atoms with Crippen molar-refractivity contribution in [1.29, 1.82) is 0 Å². The van der Waals surface area contributed by atoms with E-state index in [1.807, 2.05) is 21.0 Å². The van der Waals surface area contributed by atoms with E-state index in [-0.39, 0.29) is 23.9 Å². The lowest BCUT2D eigenvalue weighted by atomic mass is 9.78. The van der Waals surface area contributed by atoms with Gasteiger partial charge in [0.15, 0.2) is 0 Å². The number of amides is 1. The van der Waals surface area contributed by atoms with Gasteiger partial charge in [0.2, 0.25) is 5.91 Å². The Hall–Kier alpha value is -0.900. The zero-order valence-corrected chi connectivity index (χ0v) is 13.1. The van der Waals surface area contributed by atoms with Crippen molar-refractivity contribution in [3.8, 4) is 0 Å². The highest BCUT2D eigenvalue weighted by molar-refractivity contribution is 5.83. The second kappa shape index (κ2) is 6.70. The number of hydrogen-bond donors (Lipinski definition) is 0. The molecule has 1 saturated carbocycles. The lowest BCUT2D eigenvalue weighted by molar-refractivity contribution is -0.139.